The summed E-state index contributed by atoms with van der Waals surface area (Å²) in [5.41, 5.74) is 0. The number of piperidine rings is 1. The normalized spacial score (nSPS) is 32.7. The van der Waals surface area contributed by atoms with Crippen LogP contribution in [0.1, 0.15) is 25.7 Å². The van der Waals surface area contributed by atoms with Crippen LogP contribution in [0.15, 0.2) is 0 Å². The van der Waals surface area contributed by atoms with Crippen LogP contribution in [0.25, 0.3) is 0 Å². The minimum Gasteiger partial charge on any atom is -0.315 e. The van der Waals surface area contributed by atoms with Gasteiger partial charge in [-0.3, -0.25) is 4.90 Å². The van der Waals surface area contributed by atoms with Gasteiger partial charge in [0.1, 0.15) is 0 Å². The van der Waals surface area contributed by atoms with E-state index in [2.05, 4.69) is 17.3 Å². The van der Waals surface area contributed by atoms with E-state index in [1.54, 1.807) is 0 Å². The Morgan fingerprint density at radius 3 is 2.55 bits per heavy atom. The van der Waals surface area contributed by atoms with Crippen molar-refractivity contribution in [1.82, 2.24) is 10.2 Å². The molecule has 0 unspecified atom stereocenters. The van der Waals surface area contributed by atoms with Crippen LogP contribution in [-0.2, 0) is 0 Å². The first-order valence-corrected chi connectivity index (χ1v) is 4.80. The van der Waals surface area contributed by atoms with Crippen molar-refractivity contribution in [3.05, 3.63) is 0 Å². The number of hydrogen-bond acceptors (Lipinski definition) is 2. The van der Waals surface area contributed by atoms with Crippen LogP contribution in [-0.4, -0.2) is 37.1 Å². The number of nitrogens with one attached hydrogen (secondary N) is 1. The molecule has 1 saturated heterocycles. The highest BCUT2D eigenvalue weighted by molar-refractivity contribution is 4.88. The maximum absolute atomic E-state index is 3.46. The highest BCUT2D eigenvalue weighted by Gasteiger charge is 2.31. The molecule has 0 aromatic carbocycles. The van der Waals surface area contributed by atoms with Gasteiger partial charge < -0.3 is 5.32 Å². The first kappa shape index (κ1) is 7.56. The summed E-state index contributed by atoms with van der Waals surface area (Å²) < 4.78 is 0. The minimum absolute atomic E-state index is 0.830. The van der Waals surface area contributed by atoms with Crippen LogP contribution in [0.3, 0.4) is 0 Å². The second kappa shape index (κ2) is 3.11. The average Bonchev–Trinajstić information content (AvgIpc) is 2.87. The first-order valence-electron chi connectivity index (χ1n) is 4.80. The van der Waals surface area contributed by atoms with Gasteiger partial charge in [0.25, 0.3) is 0 Å². The molecule has 2 nitrogen and oxygen atoms in total. The van der Waals surface area contributed by atoms with Gasteiger partial charge in [0, 0.05) is 18.6 Å². The third kappa shape index (κ3) is 1.74. The van der Waals surface area contributed by atoms with Crippen molar-refractivity contribution in [3.8, 4) is 0 Å². The fourth-order valence-corrected chi connectivity index (χ4v) is 1.96. The van der Waals surface area contributed by atoms with Crippen molar-refractivity contribution < 1.29 is 0 Å². The van der Waals surface area contributed by atoms with Gasteiger partial charge in [-0.1, -0.05) is 0 Å². The lowest BCUT2D eigenvalue weighted by molar-refractivity contribution is 0.195. The zero-order chi connectivity index (χ0) is 7.68. The van der Waals surface area contributed by atoms with Crippen LogP contribution < -0.4 is 5.32 Å². The molecule has 11 heavy (non-hydrogen) atoms. The molecule has 1 aliphatic heterocycles. The van der Waals surface area contributed by atoms with Gasteiger partial charge >= 0.3 is 0 Å². The van der Waals surface area contributed by atoms with Crippen LogP contribution in [0.4, 0.5) is 0 Å². The molecular weight excluding hydrogens is 136 g/mol. The lowest BCUT2D eigenvalue weighted by Crippen LogP contribution is -2.44. The molecule has 2 rings (SSSR count). The fraction of sp³-hybridized carbons (Fsp3) is 1.00. The smallest absolute Gasteiger partial charge is 0.0220 e. The molecule has 0 aromatic heterocycles. The molecule has 0 spiro atoms. The molecule has 1 heterocycles. The number of rotatable bonds is 2. The zero-order valence-corrected chi connectivity index (χ0v) is 7.34. The van der Waals surface area contributed by atoms with Gasteiger partial charge in [-0.25, -0.2) is 0 Å². The summed E-state index contributed by atoms with van der Waals surface area (Å²) in [5, 5.41) is 3.46. The molecule has 64 valence electrons. The maximum atomic E-state index is 3.46. The van der Waals surface area contributed by atoms with Crippen molar-refractivity contribution in [2.75, 3.05) is 20.1 Å². The van der Waals surface area contributed by atoms with E-state index in [0.717, 1.165) is 12.1 Å². The monoisotopic (exact) mass is 154 g/mol. The fourth-order valence-electron chi connectivity index (χ4n) is 1.96. The van der Waals surface area contributed by atoms with Crippen LogP contribution in [0, 0.1) is 0 Å². The largest absolute Gasteiger partial charge is 0.315 e. The average molecular weight is 154 g/mol. The summed E-state index contributed by atoms with van der Waals surface area (Å²) in [7, 11) is 2.29. The molecule has 0 radical (unpaired) electrons. The molecule has 2 fully saturated rings. The molecule has 0 bridgehead atoms. The predicted molar refractivity (Wildman–Crippen MR) is 46.7 cm³/mol. The summed E-state index contributed by atoms with van der Waals surface area (Å²) in [5.74, 6) is 0. The second-order valence-electron chi connectivity index (χ2n) is 3.90. The van der Waals surface area contributed by atoms with Gasteiger partial charge in [-0.15, -0.1) is 0 Å². The zero-order valence-electron chi connectivity index (χ0n) is 7.34. The van der Waals surface area contributed by atoms with Crippen LogP contribution in [0.2, 0.25) is 0 Å². The first-order chi connectivity index (χ1) is 5.38. The van der Waals surface area contributed by atoms with Crippen molar-refractivity contribution in [3.63, 3.8) is 0 Å². The van der Waals surface area contributed by atoms with Crippen molar-refractivity contribution in [2.45, 2.75) is 37.8 Å². The van der Waals surface area contributed by atoms with Crippen molar-refractivity contribution >= 4 is 0 Å². The van der Waals surface area contributed by atoms with Crippen molar-refractivity contribution in [2.24, 2.45) is 0 Å². The summed E-state index contributed by atoms with van der Waals surface area (Å²) in [6.45, 7) is 2.45. The lowest BCUT2D eigenvalue weighted by Gasteiger charge is -2.31. The third-order valence-electron chi connectivity index (χ3n) is 2.97. The Kier molecular flexibility index (Phi) is 2.14. The highest BCUT2D eigenvalue weighted by atomic mass is 15.2. The van der Waals surface area contributed by atoms with E-state index in [1.807, 2.05) is 0 Å². The standard InChI is InChI=1S/C9H18N2/c1-11(8-4-5-8)9-3-2-6-10-7-9/h8-10H,2-7H2,1H3/t9-/m0/s1. The number of hydrogen-bond donors (Lipinski definition) is 1. The molecule has 2 heteroatoms. The molecule has 1 aliphatic carbocycles. The van der Waals surface area contributed by atoms with E-state index in [0.29, 0.717) is 0 Å². The van der Waals surface area contributed by atoms with Crippen LogP contribution >= 0.6 is 0 Å². The van der Waals surface area contributed by atoms with E-state index in [-0.39, 0.29) is 0 Å². The highest BCUT2D eigenvalue weighted by Crippen LogP contribution is 2.28. The van der Waals surface area contributed by atoms with Gasteiger partial charge in [-0.05, 0) is 39.3 Å². The quantitative estimate of drug-likeness (QED) is 0.634. The topological polar surface area (TPSA) is 15.3 Å². The van der Waals surface area contributed by atoms with E-state index in [4.69, 9.17) is 0 Å². The Hall–Kier alpha value is -0.0800. The van der Waals surface area contributed by atoms with Crippen molar-refractivity contribution in [1.29, 1.82) is 0 Å². The number of nitrogens with zero attached hydrogens (tertiary/aromatic N) is 1. The number of likely N-dealkylation sites (N-methyl/N-ethyl adjacent to an activating group) is 1. The SMILES string of the molecule is CN(C1CC1)[C@H]1CCCNC1. The summed E-state index contributed by atoms with van der Waals surface area (Å²) >= 11 is 0. The summed E-state index contributed by atoms with van der Waals surface area (Å²) in [6.07, 6.45) is 5.64. The Morgan fingerprint density at radius 2 is 2.00 bits per heavy atom. The minimum atomic E-state index is 0.830. The molecule has 0 aromatic rings. The molecule has 1 atom stereocenters. The van der Waals surface area contributed by atoms with Gasteiger partial charge in [0.15, 0.2) is 0 Å². The Labute approximate surface area is 69.0 Å². The van der Waals surface area contributed by atoms with Crippen LogP contribution in [0.5, 0.6) is 0 Å². The molecule has 0 amide bonds. The Bertz CT molecular complexity index is 126. The predicted octanol–water partition coefficient (Wildman–Crippen LogP) is 0.833. The second-order valence-corrected chi connectivity index (χ2v) is 3.90. The van der Waals surface area contributed by atoms with E-state index in [1.165, 1.54) is 38.8 Å². The van der Waals surface area contributed by atoms with E-state index >= 15 is 0 Å². The lowest BCUT2D eigenvalue weighted by atomic mass is 10.1. The van der Waals surface area contributed by atoms with Gasteiger partial charge in [0.05, 0.1) is 0 Å². The van der Waals surface area contributed by atoms with E-state index < -0.39 is 0 Å². The maximum Gasteiger partial charge on any atom is 0.0220 e. The molecule has 1 N–H and O–H groups in total. The Morgan fingerprint density at radius 1 is 1.18 bits per heavy atom. The Balaban J connectivity index is 1.81. The molecule has 1 saturated carbocycles. The third-order valence-corrected chi connectivity index (χ3v) is 2.97. The summed E-state index contributed by atoms with van der Waals surface area (Å²) in [4.78, 5) is 2.58. The van der Waals surface area contributed by atoms with Gasteiger partial charge in [-0.2, -0.15) is 0 Å². The van der Waals surface area contributed by atoms with E-state index in [9.17, 15) is 0 Å². The molecule has 2 aliphatic rings. The summed E-state index contributed by atoms with van der Waals surface area (Å²) in [6, 6.07) is 1.76. The molecular formula is C9H18N2. The van der Waals surface area contributed by atoms with Gasteiger partial charge in [0.2, 0.25) is 0 Å².